The summed E-state index contributed by atoms with van der Waals surface area (Å²) in [5.41, 5.74) is 11.8. The Morgan fingerprint density at radius 1 is 0.615 bits per heavy atom. The van der Waals surface area contributed by atoms with E-state index in [-0.39, 0.29) is 11.8 Å². The van der Waals surface area contributed by atoms with Crippen LogP contribution in [-0.2, 0) is 9.59 Å². The molecule has 0 spiro atoms. The molecule has 0 aliphatic carbocycles. The number of aryl methyl sites for hydroxylation is 2. The number of amides is 2. The molecule has 20 nitrogen and oxygen atoms in total. The van der Waals surface area contributed by atoms with Crippen molar-refractivity contribution < 1.29 is 19.1 Å². The number of carbonyl (C=O) groups excluding carboxylic acids is 2. The SMILES string of the molecule is C=CC(=O)N1CCC=C(c2ccc3ncnc(Nc4ccc(Oc5ccn6ncnc6c5)c(C)c4)c3n2)CC1.CC#CC(=O)N1CC=C(c2ccc3ncnc(Nc4ccc(Oc5ccn6ncnc6c5)c(C)c4)c3n2)CC1. The zero-order chi connectivity index (χ0) is 53.5. The third-order valence-electron chi connectivity index (χ3n) is 13.1. The minimum atomic E-state index is -0.151. The maximum absolute atomic E-state index is 12.1. The quantitative estimate of drug-likeness (QED) is 0.0909. The van der Waals surface area contributed by atoms with Gasteiger partial charge in [0.15, 0.2) is 22.9 Å². The lowest BCUT2D eigenvalue weighted by Crippen LogP contribution is -2.33. The van der Waals surface area contributed by atoms with Gasteiger partial charge in [-0.1, -0.05) is 24.7 Å². The van der Waals surface area contributed by atoms with Gasteiger partial charge in [0.1, 0.15) is 59.3 Å². The van der Waals surface area contributed by atoms with Crippen molar-refractivity contribution in [2.24, 2.45) is 0 Å². The Labute approximate surface area is 447 Å². The van der Waals surface area contributed by atoms with E-state index in [9.17, 15) is 9.59 Å². The van der Waals surface area contributed by atoms with E-state index in [4.69, 9.17) is 19.4 Å². The van der Waals surface area contributed by atoms with Crippen LogP contribution in [0.5, 0.6) is 23.0 Å². The first-order chi connectivity index (χ1) is 38.1. The van der Waals surface area contributed by atoms with Crippen molar-refractivity contribution in [3.05, 3.63) is 170 Å². The van der Waals surface area contributed by atoms with E-state index in [1.54, 1.807) is 20.9 Å². The molecule has 10 heterocycles. The number of anilines is 4. The Bertz CT molecular complexity index is 4080. The fraction of sp³-hybridized carbons (Fsp3) is 0.172. The van der Waals surface area contributed by atoms with E-state index in [0.717, 1.165) is 80.4 Å². The van der Waals surface area contributed by atoms with Crippen molar-refractivity contribution >= 4 is 79.3 Å². The van der Waals surface area contributed by atoms with E-state index < -0.39 is 0 Å². The molecule has 0 saturated carbocycles. The van der Waals surface area contributed by atoms with E-state index in [1.807, 2.05) is 122 Å². The van der Waals surface area contributed by atoms with Crippen molar-refractivity contribution in [3.63, 3.8) is 0 Å². The summed E-state index contributed by atoms with van der Waals surface area (Å²) in [5, 5.41) is 15.0. The molecule has 2 aromatic carbocycles. The van der Waals surface area contributed by atoms with Crippen molar-refractivity contribution in [1.29, 1.82) is 0 Å². The first-order valence-corrected chi connectivity index (χ1v) is 25.1. The molecule has 20 heteroatoms. The van der Waals surface area contributed by atoms with Gasteiger partial charge in [-0.25, -0.2) is 48.9 Å². The molecule has 386 valence electrons. The highest BCUT2D eigenvalue weighted by molar-refractivity contribution is 5.94. The Morgan fingerprint density at radius 3 is 1.65 bits per heavy atom. The maximum Gasteiger partial charge on any atom is 0.298 e. The lowest BCUT2D eigenvalue weighted by molar-refractivity contribution is -0.126. The molecule has 78 heavy (non-hydrogen) atoms. The third kappa shape index (κ3) is 11.0. The number of fused-ring (bicyclic) bond motifs is 4. The maximum atomic E-state index is 12.1. The molecule has 2 N–H and O–H groups in total. The minimum absolute atomic E-state index is 0.0425. The lowest BCUT2D eigenvalue weighted by Gasteiger charge is -2.24. The standard InChI is InChI=1S/C29H26N8O2.C29H24N8O2/c1-3-27(38)36-12-4-5-20(10-13-36)23-7-8-24-28(35-23)29(32-17-30-24)34-21-6-9-25(19(2)15-21)39-22-11-14-37-26(16-22)31-18-33-37;1-3-4-27(38)36-12-9-20(10-13-36)23-6-7-24-28(35-23)29(32-17-30-24)34-21-5-8-25(19(2)15-21)39-22-11-14-37-26(16-22)31-18-33-37/h3,5-9,11,14-18H,1,4,10,12-13H2,2H3,(H,30,32,34);5-9,11,14-18H,10,12-13H2,1-2H3,(H,30,32,34). The van der Waals surface area contributed by atoms with Crippen LogP contribution < -0.4 is 20.1 Å². The van der Waals surface area contributed by atoms with Crippen LogP contribution in [0.25, 0.3) is 44.5 Å². The Morgan fingerprint density at radius 2 is 1.15 bits per heavy atom. The highest BCUT2D eigenvalue weighted by Crippen LogP contribution is 2.33. The van der Waals surface area contributed by atoms with Crippen LogP contribution in [0.2, 0.25) is 0 Å². The molecule has 8 aromatic heterocycles. The molecule has 0 fully saturated rings. The molecule has 0 saturated heterocycles. The summed E-state index contributed by atoms with van der Waals surface area (Å²) in [6.45, 7) is 11.7. The molecule has 2 aliphatic heterocycles. The number of ether oxygens (including phenoxy) is 2. The van der Waals surface area contributed by atoms with Crippen LogP contribution in [0, 0.1) is 25.7 Å². The van der Waals surface area contributed by atoms with Gasteiger partial charge in [0.05, 0.1) is 22.4 Å². The van der Waals surface area contributed by atoms with Gasteiger partial charge in [-0.05, 0) is 147 Å². The van der Waals surface area contributed by atoms with Gasteiger partial charge in [0.25, 0.3) is 5.91 Å². The van der Waals surface area contributed by atoms with Gasteiger partial charge >= 0.3 is 0 Å². The summed E-state index contributed by atoms with van der Waals surface area (Å²) >= 11 is 0. The van der Waals surface area contributed by atoms with Crippen molar-refractivity contribution in [1.82, 2.24) is 68.9 Å². The zero-order valence-electron chi connectivity index (χ0n) is 42.8. The molecule has 0 bridgehead atoms. The van der Waals surface area contributed by atoms with Crippen LogP contribution in [0.15, 0.2) is 147 Å². The summed E-state index contributed by atoms with van der Waals surface area (Å²) in [6.07, 6.45) is 17.4. The highest BCUT2D eigenvalue weighted by atomic mass is 16.5. The summed E-state index contributed by atoms with van der Waals surface area (Å²) in [6, 6.07) is 26.9. The van der Waals surface area contributed by atoms with Crippen molar-refractivity contribution in [3.8, 4) is 34.8 Å². The summed E-state index contributed by atoms with van der Waals surface area (Å²) < 4.78 is 15.6. The number of carbonyl (C=O) groups is 2. The average molecular weight is 1040 g/mol. The van der Waals surface area contributed by atoms with E-state index in [2.05, 4.69) is 75.2 Å². The van der Waals surface area contributed by atoms with Gasteiger partial charge in [0.2, 0.25) is 5.91 Å². The Kier molecular flexibility index (Phi) is 14.2. The predicted octanol–water partition coefficient (Wildman–Crippen LogP) is 9.65. The first kappa shape index (κ1) is 49.8. The van der Waals surface area contributed by atoms with E-state index in [1.165, 1.54) is 31.4 Å². The minimum Gasteiger partial charge on any atom is -0.457 e. The average Bonchev–Trinajstić information content (AvgIpc) is 4.09. The fourth-order valence-corrected chi connectivity index (χ4v) is 9.07. The van der Waals surface area contributed by atoms with Gasteiger partial charge in [-0.3, -0.25) is 9.59 Å². The lowest BCUT2D eigenvalue weighted by atomic mass is 10.0. The second-order valence-corrected chi connectivity index (χ2v) is 18.2. The fourth-order valence-electron chi connectivity index (χ4n) is 9.07. The van der Waals surface area contributed by atoms with Crippen LogP contribution >= 0.6 is 0 Å². The smallest absolute Gasteiger partial charge is 0.298 e. The van der Waals surface area contributed by atoms with Gasteiger partial charge in [-0.2, -0.15) is 10.2 Å². The van der Waals surface area contributed by atoms with E-state index in [0.29, 0.717) is 78.1 Å². The predicted molar refractivity (Wildman–Crippen MR) is 296 cm³/mol. The largest absolute Gasteiger partial charge is 0.457 e. The van der Waals surface area contributed by atoms with Gasteiger partial charge in [0, 0.05) is 62.1 Å². The molecule has 0 unspecified atom stereocenters. The van der Waals surface area contributed by atoms with Gasteiger partial charge in [-0.15, -0.1) is 0 Å². The number of aromatic nitrogens is 12. The second kappa shape index (κ2) is 22.2. The summed E-state index contributed by atoms with van der Waals surface area (Å²) in [5.74, 6) is 9.14. The summed E-state index contributed by atoms with van der Waals surface area (Å²) in [7, 11) is 0. The molecule has 2 aliphatic rings. The second-order valence-electron chi connectivity index (χ2n) is 18.2. The third-order valence-corrected chi connectivity index (χ3v) is 13.1. The molecular formula is C58H50N16O4. The van der Waals surface area contributed by atoms with Crippen LogP contribution in [0.3, 0.4) is 0 Å². The van der Waals surface area contributed by atoms with Crippen LogP contribution in [0.1, 0.15) is 48.7 Å². The van der Waals surface area contributed by atoms with Crippen LogP contribution in [-0.4, -0.2) is 107 Å². The molecular weight excluding hydrogens is 985 g/mol. The number of pyridine rings is 4. The van der Waals surface area contributed by atoms with Crippen molar-refractivity contribution in [2.75, 3.05) is 36.8 Å². The number of hydrogen-bond acceptors (Lipinski definition) is 16. The normalized spacial score (nSPS) is 13.4. The van der Waals surface area contributed by atoms with Crippen molar-refractivity contribution in [2.45, 2.75) is 40.0 Å². The molecule has 2 amide bonds. The Hall–Kier alpha value is -10.4. The Balaban J connectivity index is 0.000000165. The molecule has 0 atom stereocenters. The number of hydrogen-bond donors (Lipinski definition) is 2. The van der Waals surface area contributed by atoms with E-state index >= 15 is 0 Å². The van der Waals surface area contributed by atoms with Crippen LogP contribution in [0.4, 0.5) is 23.0 Å². The zero-order valence-corrected chi connectivity index (χ0v) is 42.8. The molecule has 0 radical (unpaired) electrons. The first-order valence-electron chi connectivity index (χ1n) is 25.1. The number of nitrogens with zero attached hydrogens (tertiary/aromatic N) is 14. The highest BCUT2D eigenvalue weighted by Gasteiger charge is 2.20. The topological polar surface area (TPSA) is 221 Å². The summed E-state index contributed by atoms with van der Waals surface area (Å²) in [4.78, 5) is 63.7. The van der Waals surface area contributed by atoms with Gasteiger partial charge < -0.3 is 29.9 Å². The number of benzene rings is 2. The molecule has 10 aromatic rings. The number of nitrogens with one attached hydrogen (secondary N) is 2. The number of rotatable bonds is 11. The monoisotopic (exact) mass is 1030 g/mol. The molecule has 12 rings (SSSR count).